The van der Waals surface area contributed by atoms with E-state index in [1.807, 2.05) is 11.8 Å². The fraction of sp³-hybridized carbons (Fsp3) is 0. The Morgan fingerprint density at radius 2 is 1.40 bits per heavy atom. The van der Waals surface area contributed by atoms with E-state index in [4.69, 9.17) is 0 Å². The predicted molar refractivity (Wildman–Crippen MR) is 36.3 cm³/mol. The van der Waals surface area contributed by atoms with Gasteiger partial charge < -0.3 is 0 Å². The fourth-order valence-electron chi connectivity index (χ4n) is 0.611. The first-order chi connectivity index (χ1) is 3.47. The maximum atomic E-state index is 2.14. The Labute approximate surface area is 110 Å². The van der Waals surface area contributed by atoms with Crippen molar-refractivity contribution in [2.75, 3.05) is 0 Å². The van der Waals surface area contributed by atoms with Crippen molar-refractivity contribution in [2.24, 2.45) is 0 Å². The molecular formula is C6H4BFeNdS. The second kappa shape index (κ2) is 6.07. The van der Waals surface area contributed by atoms with Gasteiger partial charge in [0.2, 0.25) is 0 Å². The van der Waals surface area contributed by atoms with Gasteiger partial charge in [-0.3, -0.25) is 0 Å². The SMILES string of the molecule is [B].[Fe].[Nd].c1ccc2c(c1)S2. The zero-order valence-electron chi connectivity index (χ0n) is 5.15. The average Bonchev–Trinajstić information content (AvgIpc) is 2.41. The molecule has 10 heavy (non-hydrogen) atoms. The van der Waals surface area contributed by atoms with E-state index in [0.29, 0.717) is 0 Å². The van der Waals surface area contributed by atoms with Gasteiger partial charge in [-0.2, -0.15) is 0 Å². The van der Waals surface area contributed by atoms with Crippen LogP contribution in [-0.4, -0.2) is 8.41 Å². The second-order valence-corrected chi connectivity index (χ2v) is 2.63. The molecule has 1 aliphatic heterocycles. The molecule has 1 aromatic carbocycles. The number of hydrogen-bond acceptors (Lipinski definition) is 1. The van der Waals surface area contributed by atoms with Gasteiger partial charge in [-0.1, -0.05) is 23.9 Å². The molecular weight excluding hydrogens is 315 g/mol. The van der Waals surface area contributed by atoms with Crippen molar-refractivity contribution in [3.05, 3.63) is 24.3 Å². The zero-order chi connectivity index (χ0) is 4.69. The number of fused-ring (bicyclic) bond motifs is 1. The van der Waals surface area contributed by atoms with Gasteiger partial charge in [-0.15, -0.1) is 0 Å². The Balaban J connectivity index is 0. The van der Waals surface area contributed by atoms with Crippen molar-refractivity contribution in [3.8, 4) is 0 Å². The molecule has 0 bridgehead atoms. The number of rotatable bonds is 0. The summed E-state index contributed by atoms with van der Waals surface area (Å²) in [5.41, 5.74) is 0. The maximum Gasteiger partial charge on any atom is 0.0262 e. The van der Waals surface area contributed by atoms with Gasteiger partial charge in [-0.25, -0.2) is 0 Å². The van der Waals surface area contributed by atoms with E-state index in [1.165, 1.54) is 9.79 Å². The second-order valence-electron chi connectivity index (χ2n) is 1.55. The molecule has 49 valence electrons. The average molecular weight is 319 g/mol. The van der Waals surface area contributed by atoms with Crippen LogP contribution >= 0.6 is 11.8 Å². The molecule has 1 aliphatic rings. The summed E-state index contributed by atoms with van der Waals surface area (Å²) in [6.07, 6.45) is 0. The molecule has 0 nitrogen and oxygen atoms in total. The van der Waals surface area contributed by atoms with Crippen LogP contribution in [0.5, 0.6) is 0 Å². The van der Waals surface area contributed by atoms with Crippen LogP contribution in [-0.2, 0) is 17.1 Å². The van der Waals surface area contributed by atoms with Gasteiger partial charge in [0.1, 0.15) is 0 Å². The zero-order valence-corrected chi connectivity index (χ0v) is 10.3. The summed E-state index contributed by atoms with van der Waals surface area (Å²) in [5.74, 6) is 0. The topological polar surface area (TPSA) is 0 Å². The minimum Gasteiger partial charge on any atom is -0.0877 e. The van der Waals surface area contributed by atoms with Crippen LogP contribution < -0.4 is 0 Å². The van der Waals surface area contributed by atoms with E-state index in [1.54, 1.807) is 0 Å². The predicted octanol–water partition coefficient (Wildman–Crippen LogP) is 1.77. The molecule has 2 rings (SSSR count). The Bertz CT molecular complexity index is 186. The first kappa shape index (κ1) is 14.1. The summed E-state index contributed by atoms with van der Waals surface area (Å²) in [5, 5.41) is 0. The fourth-order valence-corrected chi connectivity index (χ4v) is 1.23. The first-order valence-corrected chi connectivity index (χ1v) is 3.05. The van der Waals surface area contributed by atoms with Crippen LogP contribution in [0.2, 0.25) is 0 Å². The van der Waals surface area contributed by atoms with Crippen LogP contribution in [0.3, 0.4) is 0 Å². The van der Waals surface area contributed by atoms with Crippen LogP contribution in [0.25, 0.3) is 0 Å². The van der Waals surface area contributed by atoms with E-state index in [-0.39, 0.29) is 66.3 Å². The molecule has 0 saturated carbocycles. The van der Waals surface area contributed by atoms with Crippen molar-refractivity contribution in [1.82, 2.24) is 0 Å². The van der Waals surface area contributed by atoms with Crippen LogP contribution in [0.15, 0.2) is 34.1 Å². The minimum atomic E-state index is 0. The molecule has 0 N–H and O–H groups in total. The summed E-state index contributed by atoms with van der Waals surface area (Å²) < 4.78 is 0. The quantitative estimate of drug-likeness (QED) is 0.527. The van der Waals surface area contributed by atoms with E-state index >= 15 is 0 Å². The molecule has 0 spiro atoms. The van der Waals surface area contributed by atoms with Gasteiger partial charge in [0.15, 0.2) is 0 Å². The van der Waals surface area contributed by atoms with Gasteiger partial charge in [0.25, 0.3) is 0 Å². The van der Waals surface area contributed by atoms with E-state index in [0.717, 1.165) is 0 Å². The largest absolute Gasteiger partial charge is 0.0877 e. The van der Waals surface area contributed by atoms with Crippen molar-refractivity contribution in [1.29, 1.82) is 0 Å². The first-order valence-electron chi connectivity index (χ1n) is 2.24. The Morgan fingerprint density at radius 3 is 1.70 bits per heavy atom. The van der Waals surface area contributed by atoms with E-state index in [9.17, 15) is 0 Å². The number of hydrogen-bond donors (Lipinski definition) is 0. The van der Waals surface area contributed by atoms with Crippen LogP contribution in [0, 0.1) is 40.8 Å². The molecule has 1 heterocycles. The van der Waals surface area contributed by atoms with Gasteiger partial charge in [0, 0.05) is 76.1 Å². The normalized spacial score (nSPS) is 9.20. The third-order valence-electron chi connectivity index (χ3n) is 1.03. The summed E-state index contributed by atoms with van der Waals surface area (Å²) in [6.45, 7) is 0. The molecule has 1 aromatic rings. The van der Waals surface area contributed by atoms with Crippen molar-refractivity contribution in [2.45, 2.75) is 9.79 Å². The van der Waals surface area contributed by atoms with Gasteiger partial charge in [0.05, 0.1) is 0 Å². The molecule has 4 heteroatoms. The van der Waals surface area contributed by atoms with Crippen molar-refractivity contribution >= 4 is 20.2 Å². The van der Waals surface area contributed by atoms with Crippen molar-refractivity contribution < 1.29 is 57.9 Å². The van der Waals surface area contributed by atoms with Gasteiger partial charge in [-0.05, 0) is 12.1 Å². The molecule has 3 radical (unpaired) electrons. The molecule has 0 aromatic heterocycles. The Kier molecular flexibility index (Phi) is 8.53. The molecule has 0 aliphatic carbocycles. The smallest absolute Gasteiger partial charge is 0.0262 e. The summed E-state index contributed by atoms with van der Waals surface area (Å²) in [4.78, 5) is 2.89. The van der Waals surface area contributed by atoms with E-state index < -0.39 is 0 Å². The van der Waals surface area contributed by atoms with E-state index in [2.05, 4.69) is 24.3 Å². The standard InChI is InChI=1S/C6H4S.B.Fe.Nd/c1-2-4-6-5(3-1)7-6;;;/h1-4H;;;. The molecule has 0 atom stereocenters. The Morgan fingerprint density at radius 1 is 1.00 bits per heavy atom. The molecule has 0 fully saturated rings. The minimum absolute atomic E-state index is 0. The molecule has 0 amide bonds. The van der Waals surface area contributed by atoms with Gasteiger partial charge >= 0.3 is 0 Å². The molecule has 0 saturated heterocycles. The Hall–Kier alpha value is 1.51. The number of benzene rings is 1. The van der Waals surface area contributed by atoms with Crippen LogP contribution in [0.1, 0.15) is 0 Å². The van der Waals surface area contributed by atoms with Crippen LogP contribution in [0.4, 0.5) is 0 Å². The van der Waals surface area contributed by atoms with Crippen molar-refractivity contribution in [3.63, 3.8) is 0 Å². The maximum absolute atomic E-state index is 2.14. The summed E-state index contributed by atoms with van der Waals surface area (Å²) >= 11 is 1.86. The third kappa shape index (κ3) is 3.27. The molecule has 0 unspecified atom stereocenters. The summed E-state index contributed by atoms with van der Waals surface area (Å²) in [7, 11) is 0. The third-order valence-corrected chi connectivity index (χ3v) is 1.98. The summed E-state index contributed by atoms with van der Waals surface area (Å²) in [6, 6.07) is 8.41. The monoisotopic (exact) mass is 317 g/mol.